The lowest BCUT2D eigenvalue weighted by Gasteiger charge is -2.14. The monoisotopic (exact) mass is 193 g/mol. The first kappa shape index (κ1) is 11.1. The Morgan fingerprint density at radius 1 is 1.36 bits per heavy atom. The van der Waals surface area contributed by atoms with Gasteiger partial charge in [-0.15, -0.1) is 0 Å². The fraction of sp³-hybridized carbons (Fsp3) is 0.545. The second-order valence-corrected chi connectivity index (χ2v) is 3.88. The third-order valence-electron chi connectivity index (χ3n) is 2.04. The van der Waals surface area contributed by atoms with E-state index in [1.807, 2.05) is 12.1 Å². The van der Waals surface area contributed by atoms with Crippen molar-refractivity contribution in [3.8, 4) is 0 Å². The van der Waals surface area contributed by atoms with Crippen molar-refractivity contribution >= 4 is 0 Å². The highest BCUT2D eigenvalue weighted by Crippen LogP contribution is 1.99. The van der Waals surface area contributed by atoms with Gasteiger partial charge in [0, 0.05) is 31.0 Å². The first-order valence-electron chi connectivity index (χ1n) is 5.06. The molecular formula is C11H19N3. The molecule has 0 aliphatic heterocycles. The molecule has 0 spiro atoms. The zero-order valence-corrected chi connectivity index (χ0v) is 8.90. The van der Waals surface area contributed by atoms with Crippen molar-refractivity contribution in [3.63, 3.8) is 0 Å². The number of aromatic nitrogens is 1. The molecular weight excluding hydrogens is 174 g/mol. The van der Waals surface area contributed by atoms with Gasteiger partial charge in [-0.25, -0.2) is 0 Å². The summed E-state index contributed by atoms with van der Waals surface area (Å²) in [6.07, 6.45) is 4.51. The summed E-state index contributed by atoms with van der Waals surface area (Å²) in [7, 11) is 0. The SMILES string of the molecule is CC(C)NCC(N)Cc1ccncc1. The van der Waals surface area contributed by atoms with Crippen molar-refractivity contribution in [1.82, 2.24) is 10.3 Å². The molecule has 0 radical (unpaired) electrons. The van der Waals surface area contributed by atoms with E-state index < -0.39 is 0 Å². The Kier molecular flexibility index (Phi) is 4.56. The Hall–Kier alpha value is -0.930. The summed E-state index contributed by atoms with van der Waals surface area (Å²) in [6, 6.07) is 4.70. The topological polar surface area (TPSA) is 50.9 Å². The van der Waals surface area contributed by atoms with Crippen molar-refractivity contribution < 1.29 is 0 Å². The van der Waals surface area contributed by atoms with Crippen LogP contribution in [0.1, 0.15) is 19.4 Å². The second-order valence-electron chi connectivity index (χ2n) is 3.88. The number of hydrogen-bond donors (Lipinski definition) is 2. The third-order valence-corrected chi connectivity index (χ3v) is 2.04. The highest BCUT2D eigenvalue weighted by atomic mass is 14.9. The van der Waals surface area contributed by atoms with Gasteiger partial charge in [-0.05, 0) is 24.1 Å². The largest absolute Gasteiger partial charge is 0.326 e. The number of rotatable bonds is 5. The van der Waals surface area contributed by atoms with Crippen molar-refractivity contribution in [2.45, 2.75) is 32.4 Å². The molecule has 1 unspecified atom stereocenters. The number of nitrogens with two attached hydrogens (primary N) is 1. The van der Waals surface area contributed by atoms with E-state index in [4.69, 9.17) is 5.73 Å². The van der Waals surface area contributed by atoms with Gasteiger partial charge in [0.15, 0.2) is 0 Å². The molecule has 0 saturated carbocycles. The quantitative estimate of drug-likeness (QED) is 0.732. The average molecular weight is 193 g/mol. The van der Waals surface area contributed by atoms with Gasteiger partial charge in [-0.3, -0.25) is 4.98 Å². The summed E-state index contributed by atoms with van der Waals surface area (Å²) in [5, 5.41) is 3.32. The Morgan fingerprint density at radius 3 is 2.57 bits per heavy atom. The summed E-state index contributed by atoms with van der Waals surface area (Å²) >= 11 is 0. The molecule has 14 heavy (non-hydrogen) atoms. The highest BCUT2D eigenvalue weighted by Gasteiger charge is 2.03. The Labute approximate surface area is 85.7 Å². The molecule has 3 heteroatoms. The van der Waals surface area contributed by atoms with Crippen LogP contribution in [0.2, 0.25) is 0 Å². The van der Waals surface area contributed by atoms with Gasteiger partial charge < -0.3 is 11.1 Å². The fourth-order valence-electron chi connectivity index (χ4n) is 1.28. The molecule has 3 nitrogen and oxygen atoms in total. The normalized spacial score (nSPS) is 13.1. The lowest BCUT2D eigenvalue weighted by molar-refractivity contribution is 0.523. The van der Waals surface area contributed by atoms with Gasteiger partial charge in [-0.1, -0.05) is 13.8 Å². The average Bonchev–Trinajstić information content (AvgIpc) is 2.16. The summed E-state index contributed by atoms with van der Waals surface area (Å²) in [5.41, 5.74) is 7.22. The zero-order chi connectivity index (χ0) is 10.4. The van der Waals surface area contributed by atoms with Gasteiger partial charge >= 0.3 is 0 Å². The highest BCUT2D eigenvalue weighted by molar-refractivity contribution is 5.11. The van der Waals surface area contributed by atoms with Gasteiger partial charge in [0.25, 0.3) is 0 Å². The smallest absolute Gasteiger partial charge is 0.0270 e. The summed E-state index contributed by atoms with van der Waals surface area (Å²) in [5.74, 6) is 0. The standard InChI is InChI=1S/C11H19N3/c1-9(2)14-8-11(12)7-10-3-5-13-6-4-10/h3-6,9,11,14H,7-8,12H2,1-2H3. The van der Waals surface area contributed by atoms with Gasteiger partial charge in [0.05, 0.1) is 0 Å². The van der Waals surface area contributed by atoms with E-state index in [2.05, 4.69) is 24.1 Å². The van der Waals surface area contributed by atoms with E-state index in [0.29, 0.717) is 6.04 Å². The number of nitrogens with zero attached hydrogens (tertiary/aromatic N) is 1. The van der Waals surface area contributed by atoms with Crippen LogP contribution in [-0.2, 0) is 6.42 Å². The Bertz CT molecular complexity index is 246. The Morgan fingerprint density at radius 2 is 2.00 bits per heavy atom. The van der Waals surface area contributed by atoms with Crippen LogP contribution in [0.5, 0.6) is 0 Å². The third kappa shape index (κ3) is 4.35. The molecule has 0 aliphatic rings. The van der Waals surface area contributed by atoms with Crippen LogP contribution in [0.25, 0.3) is 0 Å². The summed E-state index contributed by atoms with van der Waals surface area (Å²) < 4.78 is 0. The lowest BCUT2D eigenvalue weighted by Crippen LogP contribution is -2.38. The van der Waals surface area contributed by atoms with Gasteiger partial charge in [0.1, 0.15) is 0 Å². The van der Waals surface area contributed by atoms with E-state index in [1.54, 1.807) is 12.4 Å². The lowest BCUT2D eigenvalue weighted by atomic mass is 10.1. The van der Waals surface area contributed by atoms with Gasteiger partial charge in [-0.2, -0.15) is 0 Å². The first-order valence-corrected chi connectivity index (χ1v) is 5.06. The molecule has 0 aromatic carbocycles. The fourth-order valence-corrected chi connectivity index (χ4v) is 1.28. The van der Waals surface area contributed by atoms with Crippen LogP contribution in [-0.4, -0.2) is 23.6 Å². The summed E-state index contributed by atoms with van der Waals surface area (Å²) in [4.78, 5) is 3.97. The van der Waals surface area contributed by atoms with Crippen LogP contribution in [0.3, 0.4) is 0 Å². The first-order chi connectivity index (χ1) is 6.68. The van der Waals surface area contributed by atoms with Crippen LogP contribution in [0.15, 0.2) is 24.5 Å². The molecule has 1 atom stereocenters. The van der Waals surface area contributed by atoms with E-state index in [0.717, 1.165) is 13.0 Å². The molecule has 0 amide bonds. The number of nitrogens with one attached hydrogen (secondary N) is 1. The summed E-state index contributed by atoms with van der Waals surface area (Å²) in [6.45, 7) is 5.11. The van der Waals surface area contributed by atoms with E-state index in [-0.39, 0.29) is 6.04 Å². The van der Waals surface area contributed by atoms with Crippen molar-refractivity contribution in [2.75, 3.05) is 6.54 Å². The van der Waals surface area contributed by atoms with Gasteiger partial charge in [0.2, 0.25) is 0 Å². The maximum absolute atomic E-state index is 5.97. The van der Waals surface area contributed by atoms with Crippen LogP contribution >= 0.6 is 0 Å². The zero-order valence-electron chi connectivity index (χ0n) is 8.90. The second kappa shape index (κ2) is 5.73. The minimum absolute atomic E-state index is 0.180. The predicted molar refractivity (Wildman–Crippen MR) is 59.1 cm³/mol. The molecule has 1 heterocycles. The van der Waals surface area contributed by atoms with Crippen LogP contribution in [0.4, 0.5) is 0 Å². The molecule has 0 saturated heterocycles. The molecule has 3 N–H and O–H groups in total. The molecule has 1 rings (SSSR count). The molecule has 1 aromatic rings. The minimum atomic E-state index is 0.180. The number of pyridine rings is 1. The van der Waals surface area contributed by atoms with E-state index in [9.17, 15) is 0 Å². The molecule has 1 aromatic heterocycles. The van der Waals surface area contributed by atoms with Crippen molar-refractivity contribution in [3.05, 3.63) is 30.1 Å². The maximum atomic E-state index is 5.97. The minimum Gasteiger partial charge on any atom is -0.326 e. The number of hydrogen-bond acceptors (Lipinski definition) is 3. The van der Waals surface area contributed by atoms with Crippen LogP contribution < -0.4 is 11.1 Å². The van der Waals surface area contributed by atoms with Crippen molar-refractivity contribution in [1.29, 1.82) is 0 Å². The molecule has 0 fully saturated rings. The molecule has 78 valence electrons. The van der Waals surface area contributed by atoms with Crippen LogP contribution in [0, 0.1) is 0 Å². The van der Waals surface area contributed by atoms with Crippen molar-refractivity contribution in [2.24, 2.45) is 5.73 Å². The Balaban J connectivity index is 2.30. The maximum Gasteiger partial charge on any atom is 0.0270 e. The predicted octanol–water partition coefficient (Wildman–Crippen LogP) is 0.949. The molecule has 0 aliphatic carbocycles. The van der Waals surface area contributed by atoms with E-state index in [1.165, 1.54) is 5.56 Å². The van der Waals surface area contributed by atoms with E-state index >= 15 is 0 Å². The molecule has 0 bridgehead atoms.